The smallest absolute Gasteiger partial charge is 0.338 e. The number of aryl methyl sites for hydroxylation is 1. The lowest BCUT2D eigenvalue weighted by Crippen LogP contribution is -2.48. The van der Waals surface area contributed by atoms with E-state index in [9.17, 15) is 4.79 Å². The van der Waals surface area contributed by atoms with Crippen LogP contribution in [0.15, 0.2) is 53.7 Å². The molecule has 0 amide bonds. The number of ether oxygens (including phenoxy) is 3. The fourth-order valence-corrected chi connectivity index (χ4v) is 3.93. The number of thiocarbonyl (C=S) groups is 1. The van der Waals surface area contributed by atoms with E-state index in [1.165, 1.54) is 0 Å². The first-order chi connectivity index (χ1) is 14.8. The van der Waals surface area contributed by atoms with E-state index in [1.807, 2.05) is 75.1 Å². The fourth-order valence-electron chi connectivity index (χ4n) is 3.57. The number of rotatable bonds is 6. The highest BCUT2D eigenvalue weighted by Crippen LogP contribution is 2.38. The molecule has 3 rings (SSSR count). The van der Waals surface area contributed by atoms with Crippen molar-refractivity contribution in [2.24, 2.45) is 0 Å². The van der Waals surface area contributed by atoms with E-state index in [2.05, 4.69) is 5.32 Å². The second-order valence-electron chi connectivity index (χ2n) is 7.62. The minimum absolute atomic E-state index is 0.241. The SMILES string of the molecule is COc1ccc(N2C(=S)N[C@@H](c3ccc(C)cc3)C(C(=O)OC(C)C)=C2C)cc1OC. The third-order valence-corrected chi connectivity index (χ3v) is 5.38. The van der Waals surface area contributed by atoms with E-state index >= 15 is 0 Å². The fraction of sp³-hybridized carbons (Fsp3) is 0.333. The van der Waals surface area contributed by atoms with E-state index < -0.39 is 6.04 Å². The minimum Gasteiger partial charge on any atom is -0.493 e. The quantitative estimate of drug-likeness (QED) is 0.517. The Balaban J connectivity index is 2.13. The first kappa shape index (κ1) is 22.6. The summed E-state index contributed by atoms with van der Waals surface area (Å²) in [5, 5.41) is 3.81. The van der Waals surface area contributed by atoms with Crippen molar-refractivity contribution in [3.8, 4) is 11.5 Å². The van der Waals surface area contributed by atoms with Crippen molar-refractivity contribution in [2.45, 2.75) is 39.8 Å². The lowest BCUT2D eigenvalue weighted by atomic mass is 9.94. The summed E-state index contributed by atoms with van der Waals surface area (Å²) >= 11 is 5.71. The molecule has 0 saturated heterocycles. The zero-order valence-electron chi connectivity index (χ0n) is 18.7. The van der Waals surface area contributed by atoms with Crippen molar-refractivity contribution in [3.05, 3.63) is 64.9 Å². The average molecular weight is 441 g/mol. The first-order valence-corrected chi connectivity index (χ1v) is 10.5. The van der Waals surface area contributed by atoms with Gasteiger partial charge >= 0.3 is 5.97 Å². The Morgan fingerprint density at radius 2 is 1.68 bits per heavy atom. The van der Waals surface area contributed by atoms with Gasteiger partial charge < -0.3 is 19.5 Å². The lowest BCUT2D eigenvalue weighted by Gasteiger charge is -2.38. The molecule has 31 heavy (non-hydrogen) atoms. The van der Waals surface area contributed by atoms with Gasteiger partial charge in [-0.05, 0) is 57.6 Å². The van der Waals surface area contributed by atoms with Crippen molar-refractivity contribution < 1.29 is 19.0 Å². The summed E-state index contributed by atoms with van der Waals surface area (Å²) in [5.74, 6) is 0.807. The summed E-state index contributed by atoms with van der Waals surface area (Å²) in [6, 6.07) is 13.1. The maximum absolute atomic E-state index is 13.1. The number of benzene rings is 2. The van der Waals surface area contributed by atoms with Gasteiger partial charge in [0.1, 0.15) is 0 Å². The zero-order valence-corrected chi connectivity index (χ0v) is 19.5. The van der Waals surface area contributed by atoms with Crippen LogP contribution in [0, 0.1) is 6.92 Å². The number of hydrogen-bond acceptors (Lipinski definition) is 5. The Labute approximate surface area is 188 Å². The molecule has 6 nitrogen and oxygen atoms in total. The van der Waals surface area contributed by atoms with Crippen LogP contribution in [0.5, 0.6) is 11.5 Å². The molecule has 0 bridgehead atoms. The number of nitrogens with zero attached hydrogens (tertiary/aromatic N) is 1. The number of hydrogen-bond donors (Lipinski definition) is 1. The molecular formula is C24H28N2O4S. The van der Waals surface area contributed by atoms with E-state index in [1.54, 1.807) is 14.2 Å². The van der Waals surface area contributed by atoms with Crippen LogP contribution in [0.3, 0.4) is 0 Å². The molecule has 0 spiro atoms. The van der Waals surface area contributed by atoms with Gasteiger partial charge in [0.05, 0.1) is 37.6 Å². The van der Waals surface area contributed by atoms with Crippen molar-refractivity contribution in [1.29, 1.82) is 0 Å². The van der Waals surface area contributed by atoms with Gasteiger partial charge in [0.15, 0.2) is 16.6 Å². The number of nitrogens with one attached hydrogen (secondary N) is 1. The van der Waals surface area contributed by atoms with Crippen molar-refractivity contribution in [3.63, 3.8) is 0 Å². The second-order valence-corrected chi connectivity index (χ2v) is 8.01. The van der Waals surface area contributed by atoms with Crippen LogP contribution in [0.2, 0.25) is 0 Å². The number of esters is 1. The minimum atomic E-state index is -0.407. The number of anilines is 1. The third kappa shape index (κ3) is 4.66. The third-order valence-electron chi connectivity index (χ3n) is 5.08. The molecule has 1 atom stereocenters. The molecule has 0 aromatic heterocycles. The molecule has 1 N–H and O–H groups in total. The van der Waals surface area contributed by atoms with E-state index in [-0.39, 0.29) is 12.1 Å². The van der Waals surface area contributed by atoms with Crippen molar-refractivity contribution in [1.82, 2.24) is 5.32 Å². The Hall–Kier alpha value is -3.06. The summed E-state index contributed by atoms with van der Waals surface area (Å²) in [6.45, 7) is 7.57. The van der Waals surface area contributed by atoms with Crippen LogP contribution in [-0.4, -0.2) is 31.4 Å². The molecule has 1 aliphatic rings. The van der Waals surface area contributed by atoms with E-state index in [0.29, 0.717) is 27.9 Å². The molecule has 0 aliphatic carbocycles. The molecule has 2 aromatic carbocycles. The van der Waals surface area contributed by atoms with Gasteiger partial charge in [-0.25, -0.2) is 4.79 Å². The normalized spacial score (nSPS) is 16.3. The molecular weight excluding hydrogens is 412 g/mol. The number of carbonyl (C=O) groups is 1. The van der Waals surface area contributed by atoms with E-state index in [4.69, 9.17) is 26.4 Å². The van der Waals surface area contributed by atoms with Crippen LogP contribution in [0.25, 0.3) is 0 Å². The van der Waals surface area contributed by atoms with Gasteiger partial charge in [-0.2, -0.15) is 0 Å². The number of carbonyl (C=O) groups excluding carboxylic acids is 1. The zero-order chi connectivity index (χ0) is 22.7. The van der Waals surface area contributed by atoms with Crippen LogP contribution >= 0.6 is 12.2 Å². The molecule has 1 aliphatic heterocycles. The van der Waals surface area contributed by atoms with Gasteiger partial charge in [-0.15, -0.1) is 0 Å². The van der Waals surface area contributed by atoms with Gasteiger partial charge in [0.25, 0.3) is 0 Å². The highest BCUT2D eigenvalue weighted by molar-refractivity contribution is 7.80. The highest BCUT2D eigenvalue weighted by atomic mass is 32.1. The molecule has 0 radical (unpaired) electrons. The van der Waals surface area contributed by atoms with Crippen molar-refractivity contribution in [2.75, 3.05) is 19.1 Å². The Kier molecular flexibility index (Phi) is 6.85. The molecule has 0 saturated carbocycles. The largest absolute Gasteiger partial charge is 0.493 e. The molecule has 1 heterocycles. The predicted octanol–water partition coefficient (Wildman–Crippen LogP) is 4.67. The standard InChI is InChI=1S/C24H28N2O4S/c1-14(2)30-23(27)21-16(4)26(18-11-12-19(28-5)20(13-18)29-6)24(31)25-22(21)17-9-7-15(3)8-10-17/h7-14,22H,1-6H3,(H,25,31)/t22-/m0/s1. The van der Waals surface area contributed by atoms with Gasteiger partial charge in [0, 0.05) is 11.8 Å². The molecule has 164 valence electrons. The molecule has 0 unspecified atom stereocenters. The van der Waals surface area contributed by atoms with Crippen LogP contribution in [0.4, 0.5) is 5.69 Å². The summed E-state index contributed by atoms with van der Waals surface area (Å²) in [5.41, 5.74) is 4.05. The van der Waals surface area contributed by atoms with E-state index in [0.717, 1.165) is 16.8 Å². The highest BCUT2D eigenvalue weighted by Gasteiger charge is 2.36. The molecule has 7 heteroatoms. The lowest BCUT2D eigenvalue weighted by molar-refractivity contribution is -0.143. The van der Waals surface area contributed by atoms with Gasteiger partial charge in [-0.3, -0.25) is 4.90 Å². The molecule has 0 fully saturated rings. The summed E-state index contributed by atoms with van der Waals surface area (Å²) < 4.78 is 16.4. The Morgan fingerprint density at radius 1 is 1.03 bits per heavy atom. The monoisotopic (exact) mass is 440 g/mol. The average Bonchev–Trinajstić information content (AvgIpc) is 2.73. The second kappa shape index (κ2) is 9.39. The van der Waals surface area contributed by atoms with Crippen LogP contribution in [0.1, 0.15) is 37.9 Å². The number of allylic oxidation sites excluding steroid dienone is 1. The van der Waals surface area contributed by atoms with Crippen molar-refractivity contribution >= 4 is 29.0 Å². The van der Waals surface area contributed by atoms with Crippen LogP contribution < -0.4 is 19.7 Å². The summed E-state index contributed by atoms with van der Waals surface area (Å²) in [4.78, 5) is 15.0. The molecule has 2 aromatic rings. The maximum Gasteiger partial charge on any atom is 0.338 e. The maximum atomic E-state index is 13.1. The topological polar surface area (TPSA) is 60.0 Å². The first-order valence-electron chi connectivity index (χ1n) is 10.1. The van der Waals surface area contributed by atoms with Gasteiger partial charge in [0.2, 0.25) is 0 Å². The van der Waals surface area contributed by atoms with Gasteiger partial charge in [-0.1, -0.05) is 29.8 Å². The Morgan fingerprint density at radius 3 is 2.26 bits per heavy atom. The number of methoxy groups -OCH3 is 2. The Bertz CT molecular complexity index is 1010. The van der Waals surface area contributed by atoms with Crippen LogP contribution in [-0.2, 0) is 9.53 Å². The summed E-state index contributed by atoms with van der Waals surface area (Å²) in [6.07, 6.45) is -0.241. The summed E-state index contributed by atoms with van der Waals surface area (Å²) in [7, 11) is 3.16. The predicted molar refractivity (Wildman–Crippen MR) is 126 cm³/mol.